The Labute approximate surface area is 200 Å². The summed E-state index contributed by atoms with van der Waals surface area (Å²) in [6.07, 6.45) is 7.35. The van der Waals surface area contributed by atoms with E-state index in [0.717, 1.165) is 45.1 Å². The molecule has 0 bridgehead atoms. The van der Waals surface area contributed by atoms with E-state index >= 15 is 0 Å². The van der Waals surface area contributed by atoms with Gasteiger partial charge in [0.2, 0.25) is 5.89 Å². The first kappa shape index (κ1) is 21.1. The summed E-state index contributed by atoms with van der Waals surface area (Å²) in [5, 5.41) is 15.3. The number of halogens is 1. The molecule has 1 aromatic carbocycles. The van der Waals surface area contributed by atoms with E-state index in [1.165, 1.54) is 6.26 Å². The van der Waals surface area contributed by atoms with Crippen LogP contribution in [0.4, 0.5) is 11.4 Å². The molecule has 34 heavy (non-hydrogen) atoms. The minimum absolute atomic E-state index is 0.104. The van der Waals surface area contributed by atoms with Crippen LogP contribution in [0, 0.1) is 0 Å². The Morgan fingerprint density at radius 2 is 2.12 bits per heavy atom. The van der Waals surface area contributed by atoms with Gasteiger partial charge in [0.05, 0.1) is 29.2 Å². The lowest BCUT2D eigenvalue weighted by Gasteiger charge is -2.24. The van der Waals surface area contributed by atoms with Crippen molar-refractivity contribution in [1.29, 1.82) is 0 Å². The molecule has 4 aromatic rings. The molecule has 1 aliphatic carbocycles. The van der Waals surface area contributed by atoms with E-state index in [1.54, 1.807) is 17.1 Å². The molecule has 1 saturated heterocycles. The summed E-state index contributed by atoms with van der Waals surface area (Å²) in [4.78, 5) is 24.2. The molecular weight excluding hydrogens is 456 g/mol. The van der Waals surface area contributed by atoms with Crippen molar-refractivity contribution in [1.82, 2.24) is 19.7 Å². The summed E-state index contributed by atoms with van der Waals surface area (Å²) in [5.74, 6) is 0.345. The van der Waals surface area contributed by atoms with Gasteiger partial charge < -0.3 is 14.4 Å². The van der Waals surface area contributed by atoms with Crippen molar-refractivity contribution in [2.45, 2.75) is 31.3 Å². The third kappa shape index (κ3) is 3.70. The maximum atomic E-state index is 13.3. The number of benzene rings is 1. The third-order valence-electron chi connectivity index (χ3n) is 6.48. The van der Waals surface area contributed by atoms with Crippen LogP contribution in [0.15, 0.2) is 47.3 Å². The monoisotopic (exact) mass is 478 g/mol. The molecule has 2 fully saturated rings. The van der Waals surface area contributed by atoms with Crippen molar-refractivity contribution < 1.29 is 14.3 Å². The Bertz CT molecular complexity index is 1390. The number of oxazole rings is 1. The summed E-state index contributed by atoms with van der Waals surface area (Å²) in [7, 11) is 1.83. The molecule has 1 saturated carbocycles. The normalized spacial score (nSPS) is 18.1. The lowest BCUT2D eigenvalue weighted by atomic mass is 10.1. The quantitative estimate of drug-likeness (QED) is 0.434. The van der Waals surface area contributed by atoms with Crippen LogP contribution in [0.3, 0.4) is 0 Å². The highest BCUT2D eigenvalue weighted by atomic mass is 35.5. The number of rotatable bonds is 5. The molecule has 10 heteroatoms. The van der Waals surface area contributed by atoms with E-state index < -0.39 is 12.0 Å². The molecule has 1 aliphatic heterocycles. The molecule has 1 amide bonds. The molecule has 4 heterocycles. The zero-order chi connectivity index (χ0) is 23.4. The summed E-state index contributed by atoms with van der Waals surface area (Å²) in [5.41, 5.74) is 3.99. The van der Waals surface area contributed by atoms with Crippen molar-refractivity contribution in [2.75, 3.05) is 22.4 Å². The molecule has 174 valence electrons. The second-order valence-electron chi connectivity index (χ2n) is 8.92. The second kappa shape index (κ2) is 8.11. The van der Waals surface area contributed by atoms with Crippen molar-refractivity contribution in [3.63, 3.8) is 0 Å². The lowest BCUT2D eigenvalue weighted by molar-refractivity contribution is 0.100. The number of hydrogen-bond acceptors (Lipinski definition) is 7. The molecule has 9 nitrogen and oxygen atoms in total. The molecular formula is C24H23ClN6O3. The second-order valence-corrected chi connectivity index (χ2v) is 9.26. The van der Waals surface area contributed by atoms with E-state index in [-0.39, 0.29) is 5.69 Å². The highest BCUT2D eigenvalue weighted by Crippen LogP contribution is 2.40. The predicted octanol–water partition coefficient (Wildman–Crippen LogP) is 3.87. The van der Waals surface area contributed by atoms with Crippen LogP contribution < -0.4 is 9.32 Å². The van der Waals surface area contributed by atoms with Crippen LogP contribution in [0.5, 0.6) is 0 Å². The van der Waals surface area contributed by atoms with E-state index in [1.807, 2.05) is 36.2 Å². The smallest absolute Gasteiger partial charge is 0.294 e. The Kier molecular flexibility index (Phi) is 5.04. The van der Waals surface area contributed by atoms with E-state index in [9.17, 15) is 9.90 Å². The summed E-state index contributed by atoms with van der Waals surface area (Å²) in [6, 6.07) is 7.56. The van der Waals surface area contributed by atoms with Crippen LogP contribution in [0.2, 0.25) is 0 Å². The van der Waals surface area contributed by atoms with Crippen LogP contribution in [0.25, 0.3) is 22.4 Å². The fourth-order valence-electron chi connectivity index (χ4n) is 4.45. The molecule has 2 aliphatic rings. The van der Waals surface area contributed by atoms with Crippen LogP contribution in [-0.2, 0) is 7.05 Å². The number of fused-ring (bicyclic) bond motifs is 1. The van der Waals surface area contributed by atoms with Gasteiger partial charge in [-0.3, -0.25) is 14.5 Å². The zero-order valence-corrected chi connectivity index (χ0v) is 19.3. The van der Waals surface area contributed by atoms with E-state index in [0.29, 0.717) is 37.0 Å². The van der Waals surface area contributed by atoms with Crippen LogP contribution >= 0.6 is 11.8 Å². The van der Waals surface area contributed by atoms with Crippen molar-refractivity contribution in [3.05, 3.63) is 54.3 Å². The fourth-order valence-corrected chi connectivity index (χ4v) is 4.67. The average Bonchev–Trinajstić information content (AvgIpc) is 3.24. The topological polar surface area (TPSA) is 101 Å². The predicted molar refractivity (Wildman–Crippen MR) is 128 cm³/mol. The van der Waals surface area contributed by atoms with Crippen LogP contribution in [-0.4, -0.2) is 50.0 Å². The first-order valence-corrected chi connectivity index (χ1v) is 11.6. The minimum atomic E-state index is -0.504. The Balaban J connectivity index is 1.34. The number of aromatic nitrogens is 4. The maximum Gasteiger partial charge on any atom is 0.294 e. The van der Waals surface area contributed by atoms with E-state index in [2.05, 4.69) is 15.1 Å². The van der Waals surface area contributed by atoms with Gasteiger partial charge in [-0.15, -0.1) is 0 Å². The molecule has 3 aromatic heterocycles. The number of carbonyl (C=O) groups excluding carboxylic acids is 1. The molecule has 0 unspecified atom stereocenters. The SMILES string of the molecule is Cn1ncc2cc(N3CC[C@H](O)C3)c(N(Cl)C(=O)c3coc(-c4ccnc(C5CC5)c4)n3)cc21. The van der Waals surface area contributed by atoms with Gasteiger partial charge in [-0.2, -0.15) is 5.10 Å². The first-order chi connectivity index (χ1) is 16.5. The number of anilines is 2. The zero-order valence-electron chi connectivity index (χ0n) is 18.6. The fraction of sp³-hybridized carbons (Fsp3) is 0.333. The number of carbonyl (C=O) groups is 1. The number of pyridine rings is 1. The number of aliphatic hydroxyl groups excluding tert-OH is 1. The van der Waals surface area contributed by atoms with Crippen molar-refractivity contribution in [3.8, 4) is 11.5 Å². The number of hydrogen-bond donors (Lipinski definition) is 1. The Morgan fingerprint density at radius 1 is 1.26 bits per heavy atom. The molecule has 1 atom stereocenters. The van der Waals surface area contributed by atoms with Gasteiger partial charge in [0, 0.05) is 60.7 Å². The van der Waals surface area contributed by atoms with Gasteiger partial charge in [-0.05, 0) is 43.5 Å². The molecule has 0 radical (unpaired) electrons. The largest absolute Gasteiger partial charge is 0.444 e. The minimum Gasteiger partial charge on any atom is -0.444 e. The van der Waals surface area contributed by atoms with Crippen LogP contribution in [0.1, 0.15) is 41.4 Å². The van der Waals surface area contributed by atoms with Gasteiger partial charge in [0.15, 0.2) is 5.69 Å². The third-order valence-corrected chi connectivity index (χ3v) is 6.82. The Morgan fingerprint density at radius 3 is 2.88 bits per heavy atom. The summed E-state index contributed by atoms with van der Waals surface area (Å²) in [6.45, 7) is 1.13. The summed E-state index contributed by atoms with van der Waals surface area (Å²) < 4.78 is 8.43. The lowest BCUT2D eigenvalue weighted by Crippen LogP contribution is -2.27. The summed E-state index contributed by atoms with van der Waals surface area (Å²) >= 11 is 6.63. The van der Waals surface area contributed by atoms with Crippen molar-refractivity contribution in [2.24, 2.45) is 7.05 Å². The average molecular weight is 479 g/mol. The standard InChI is InChI=1S/C24H23ClN6O3/c1-29-20-10-22(21(9-16(20)11-27-29)30-7-5-17(32)12-30)31(25)24(33)19-13-34-23(28-19)15-4-6-26-18(8-15)14-2-3-14/h4,6,8-11,13-14,17,32H,2-3,5,7,12H2,1H3/t17-/m0/s1. The number of aryl methyl sites for hydroxylation is 1. The molecule has 1 N–H and O–H groups in total. The van der Waals surface area contributed by atoms with Gasteiger partial charge in [0.25, 0.3) is 5.91 Å². The van der Waals surface area contributed by atoms with Gasteiger partial charge >= 0.3 is 0 Å². The van der Waals surface area contributed by atoms with Gasteiger partial charge in [-0.1, -0.05) is 0 Å². The Hall–Kier alpha value is -3.43. The highest BCUT2D eigenvalue weighted by molar-refractivity contribution is 6.40. The van der Waals surface area contributed by atoms with Gasteiger partial charge in [-0.25, -0.2) is 9.40 Å². The number of nitrogens with zero attached hydrogens (tertiary/aromatic N) is 6. The molecule has 6 rings (SSSR count). The van der Waals surface area contributed by atoms with Gasteiger partial charge in [0.1, 0.15) is 6.26 Å². The number of aliphatic hydroxyl groups is 1. The van der Waals surface area contributed by atoms with E-state index in [4.69, 9.17) is 16.2 Å². The molecule has 0 spiro atoms. The highest BCUT2D eigenvalue weighted by Gasteiger charge is 2.29. The number of amides is 1. The maximum absolute atomic E-state index is 13.3. The van der Waals surface area contributed by atoms with Crippen molar-refractivity contribution >= 4 is 40.0 Å². The first-order valence-electron chi connectivity index (χ1n) is 11.3. The number of β-amino-alcohol motifs (C(OH)–C–C–N with tert-alkyl or cyclic N) is 1.